The predicted molar refractivity (Wildman–Crippen MR) is 75.9 cm³/mol. The molecule has 4 heteroatoms. The van der Waals surface area contributed by atoms with Crippen molar-refractivity contribution in [2.75, 3.05) is 13.6 Å². The first-order valence-corrected chi connectivity index (χ1v) is 6.51. The number of carbonyl (C=O) groups excluding carboxylic acids is 1. The third kappa shape index (κ3) is 5.07. The third-order valence-corrected chi connectivity index (χ3v) is 3.16. The molecule has 0 spiro atoms. The molecule has 1 rings (SSSR count). The van der Waals surface area contributed by atoms with Crippen LogP contribution in [-0.4, -0.2) is 25.0 Å². The van der Waals surface area contributed by atoms with E-state index in [1.165, 1.54) is 0 Å². The van der Waals surface area contributed by atoms with Crippen LogP contribution in [0.2, 0.25) is 5.02 Å². The minimum Gasteiger partial charge on any atom is -0.350 e. The normalized spacial score (nSPS) is 11.3. The lowest BCUT2D eigenvalue weighted by Gasteiger charge is -2.26. The summed E-state index contributed by atoms with van der Waals surface area (Å²) in [5.74, 6) is 0.0154. The van der Waals surface area contributed by atoms with Crippen LogP contribution < -0.4 is 10.6 Å². The van der Waals surface area contributed by atoms with E-state index in [0.29, 0.717) is 6.54 Å². The molecule has 0 radical (unpaired) electrons. The number of carbonyl (C=O) groups is 1. The highest BCUT2D eigenvalue weighted by molar-refractivity contribution is 6.31. The van der Waals surface area contributed by atoms with Gasteiger partial charge in [-0.05, 0) is 45.4 Å². The van der Waals surface area contributed by atoms with Crippen molar-refractivity contribution < 1.29 is 4.79 Å². The molecule has 3 nitrogen and oxygen atoms in total. The van der Waals surface area contributed by atoms with Crippen LogP contribution >= 0.6 is 11.6 Å². The van der Waals surface area contributed by atoms with Crippen molar-refractivity contribution in [2.24, 2.45) is 0 Å². The van der Waals surface area contributed by atoms with Gasteiger partial charge in [-0.3, -0.25) is 4.79 Å². The van der Waals surface area contributed by atoms with Gasteiger partial charge in [0.2, 0.25) is 5.91 Å². The molecule has 1 aromatic rings. The average molecular weight is 269 g/mol. The predicted octanol–water partition coefficient (Wildman–Crippen LogP) is 2.39. The quantitative estimate of drug-likeness (QED) is 0.832. The van der Waals surface area contributed by atoms with Crippen LogP contribution in [0.5, 0.6) is 0 Å². The van der Waals surface area contributed by atoms with Crippen molar-refractivity contribution in [1.82, 2.24) is 10.6 Å². The SMILES string of the molecule is CNCC(=O)NC(C)(C)CCc1ccccc1Cl. The Kier molecular flexibility index (Phi) is 5.63. The Balaban J connectivity index is 2.51. The second-order valence-corrected chi connectivity index (χ2v) is 5.46. The summed E-state index contributed by atoms with van der Waals surface area (Å²) >= 11 is 6.11. The summed E-state index contributed by atoms with van der Waals surface area (Å²) in [5.41, 5.74) is 0.891. The maximum absolute atomic E-state index is 11.5. The zero-order valence-corrected chi connectivity index (χ0v) is 12.0. The highest BCUT2D eigenvalue weighted by atomic mass is 35.5. The average Bonchev–Trinajstić information content (AvgIpc) is 2.27. The number of benzene rings is 1. The lowest BCUT2D eigenvalue weighted by Crippen LogP contribution is -2.46. The molecule has 0 aliphatic heterocycles. The first-order valence-electron chi connectivity index (χ1n) is 6.13. The summed E-state index contributed by atoms with van der Waals surface area (Å²) in [6.45, 7) is 4.39. The molecular weight excluding hydrogens is 248 g/mol. The second-order valence-electron chi connectivity index (χ2n) is 5.05. The third-order valence-electron chi connectivity index (χ3n) is 2.79. The van der Waals surface area contributed by atoms with E-state index in [-0.39, 0.29) is 11.4 Å². The van der Waals surface area contributed by atoms with E-state index in [1.54, 1.807) is 7.05 Å². The number of likely N-dealkylation sites (N-methyl/N-ethyl adjacent to an activating group) is 1. The number of nitrogens with one attached hydrogen (secondary N) is 2. The van der Waals surface area contributed by atoms with E-state index >= 15 is 0 Å². The molecule has 0 unspecified atom stereocenters. The Morgan fingerprint density at radius 1 is 1.33 bits per heavy atom. The van der Waals surface area contributed by atoms with Gasteiger partial charge in [0.25, 0.3) is 0 Å². The van der Waals surface area contributed by atoms with Gasteiger partial charge in [-0.1, -0.05) is 29.8 Å². The van der Waals surface area contributed by atoms with Crippen molar-refractivity contribution in [3.05, 3.63) is 34.9 Å². The zero-order valence-electron chi connectivity index (χ0n) is 11.2. The van der Waals surface area contributed by atoms with Gasteiger partial charge in [-0.25, -0.2) is 0 Å². The van der Waals surface area contributed by atoms with E-state index < -0.39 is 0 Å². The second kappa shape index (κ2) is 6.76. The van der Waals surface area contributed by atoms with Gasteiger partial charge in [0.1, 0.15) is 0 Å². The molecule has 0 atom stereocenters. The molecule has 0 saturated heterocycles. The first-order chi connectivity index (χ1) is 8.44. The van der Waals surface area contributed by atoms with Crippen LogP contribution in [-0.2, 0) is 11.2 Å². The van der Waals surface area contributed by atoms with E-state index in [0.717, 1.165) is 23.4 Å². The van der Waals surface area contributed by atoms with Gasteiger partial charge in [-0.2, -0.15) is 0 Å². The molecule has 0 aliphatic rings. The van der Waals surface area contributed by atoms with Crippen molar-refractivity contribution in [3.8, 4) is 0 Å². The lowest BCUT2D eigenvalue weighted by atomic mass is 9.95. The smallest absolute Gasteiger partial charge is 0.234 e. The van der Waals surface area contributed by atoms with E-state index in [2.05, 4.69) is 10.6 Å². The van der Waals surface area contributed by atoms with Gasteiger partial charge in [0, 0.05) is 10.6 Å². The topological polar surface area (TPSA) is 41.1 Å². The van der Waals surface area contributed by atoms with Gasteiger partial charge >= 0.3 is 0 Å². The molecule has 0 heterocycles. The fourth-order valence-corrected chi connectivity index (χ4v) is 2.02. The lowest BCUT2D eigenvalue weighted by molar-refractivity contribution is -0.121. The zero-order chi connectivity index (χ0) is 13.6. The van der Waals surface area contributed by atoms with Crippen LogP contribution in [0.3, 0.4) is 0 Å². The van der Waals surface area contributed by atoms with Crippen LogP contribution in [0.15, 0.2) is 24.3 Å². The first kappa shape index (κ1) is 15.0. The molecular formula is C14H21ClN2O. The minimum absolute atomic E-state index is 0.0154. The van der Waals surface area contributed by atoms with E-state index in [4.69, 9.17) is 11.6 Å². The summed E-state index contributed by atoms with van der Waals surface area (Å²) in [7, 11) is 1.76. The number of hydrogen-bond acceptors (Lipinski definition) is 2. The molecule has 0 bridgehead atoms. The summed E-state index contributed by atoms with van der Waals surface area (Å²) in [6, 6.07) is 7.82. The van der Waals surface area contributed by atoms with Gasteiger partial charge in [0.15, 0.2) is 0 Å². The molecule has 1 amide bonds. The van der Waals surface area contributed by atoms with Crippen molar-refractivity contribution in [2.45, 2.75) is 32.2 Å². The van der Waals surface area contributed by atoms with E-state index in [1.807, 2.05) is 38.1 Å². The van der Waals surface area contributed by atoms with Crippen molar-refractivity contribution >= 4 is 17.5 Å². The number of hydrogen-bond donors (Lipinski definition) is 2. The molecule has 1 aromatic carbocycles. The largest absolute Gasteiger partial charge is 0.350 e. The Bertz CT molecular complexity index is 405. The van der Waals surface area contributed by atoms with Crippen molar-refractivity contribution in [3.63, 3.8) is 0 Å². The number of aryl methyl sites for hydroxylation is 1. The minimum atomic E-state index is -0.229. The maximum Gasteiger partial charge on any atom is 0.234 e. The van der Waals surface area contributed by atoms with Gasteiger partial charge in [-0.15, -0.1) is 0 Å². The summed E-state index contributed by atoms with van der Waals surface area (Å²) < 4.78 is 0. The highest BCUT2D eigenvalue weighted by Crippen LogP contribution is 2.20. The molecule has 2 N–H and O–H groups in total. The fraction of sp³-hybridized carbons (Fsp3) is 0.500. The van der Waals surface area contributed by atoms with Crippen molar-refractivity contribution in [1.29, 1.82) is 0 Å². The summed E-state index contributed by atoms with van der Waals surface area (Å²) in [6.07, 6.45) is 1.71. The fourth-order valence-electron chi connectivity index (χ4n) is 1.79. The number of halogens is 1. The van der Waals surface area contributed by atoms with Crippen LogP contribution in [0.4, 0.5) is 0 Å². The highest BCUT2D eigenvalue weighted by Gasteiger charge is 2.20. The Morgan fingerprint density at radius 2 is 2.00 bits per heavy atom. The van der Waals surface area contributed by atoms with Crippen LogP contribution in [0, 0.1) is 0 Å². The molecule has 0 saturated carbocycles. The Morgan fingerprint density at radius 3 is 2.61 bits per heavy atom. The summed E-state index contributed by atoms with van der Waals surface area (Å²) in [4.78, 5) is 11.5. The molecule has 18 heavy (non-hydrogen) atoms. The summed E-state index contributed by atoms with van der Waals surface area (Å²) in [5, 5.41) is 6.63. The van der Waals surface area contributed by atoms with E-state index in [9.17, 15) is 4.79 Å². The van der Waals surface area contributed by atoms with Crippen LogP contribution in [0.1, 0.15) is 25.8 Å². The van der Waals surface area contributed by atoms with Crippen LogP contribution in [0.25, 0.3) is 0 Å². The molecule has 100 valence electrons. The standard InChI is InChI=1S/C14H21ClN2O/c1-14(2,17-13(18)10-16-3)9-8-11-6-4-5-7-12(11)15/h4-7,16H,8-10H2,1-3H3,(H,17,18). The van der Waals surface area contributed by atoms with Gasteiger partial charge < -0.3 is 10.6 Å². The number of rotatable bonds is 6. The molecule has 0 aliphatic carbocycles. The monoisotopic (exact) mass is 268 g/mol. The molecule has 0 fully saturated rings. The number of amides is 1. The Hall–Kier alpha value is -1.06. The maximum atomic E-state index is 11.5. The molecule has 0 aromatic heterocycles. The van der Waals surface area contributed by atoms with Gasteiger partial charge in [0.05, 0.1) is 6.54 Å². The Labute approximate surface area is 114 Å².